The Morgan fingerprint density at radius 3 is 3.15 bits per heavy atom. The third-order valence-corrected chi connectivity index (χ3v) is 3.40. The third kappa shape index (κ3) is 2.91. The van der Waals surface area contributed by atoms with E-state index >= 15 is 0 Å². The average Bonchev–Trinajstić information content (AvgIpc) is 3.18. The van der Waals surface area contributed by atoms with Crippen molar-refractivity contribution in [3.05, 3.63) is 34.5 Å². The van der Waals surface area contributed by atoms with Crippen molar-refractivity contribution in [2.45, 2.75) is 19.4 Å². The van der Waals surface area contributed by atoms with Gasteiger partial charge in [-0.05, 0) is 24.3 Å². The smallest absolute Gasteiger partial charge is 0.258 e. The number of aliphatic hydroxyl groups excluding tert-OH is 1. The van der Waals surface area contributed by atoms with Crippen LogP contribution in [0.15, 0.2) is 27.5 Å². The van der Waals surface area contributed by atoms with E-state index in [1.807, 2.05) is 23.0 Å². The highest BCUT2D eigenvalue weighted by atomic mass is 32.1. The van der Waals surface area contributed by atoms with E-state index in [0.29, 0.717) is 31.1 Å². The summed E-state index contributed by atoms with van der Waals surface area (Å²) in [6.07, 6.45) is 3.22. The first-order valence-electron chi connectivity index (χ1n) is 6.20. The molecule has 0 amide bonds. The molecule has 0 saturated carbocycles. The van der Waals surface area contributed by atoms with Gasteiger partial charge in [0.15, 0.2) is 5.82 Å². The summed E-state index contributed by atoms with van der Waals surface area (Å²) in [6.45, 7) is 0.571. The maximum Gasteiger partial charge on any atom is 0.258 e. The first-order valence-corrected chi connectivity index (χ1v) is 7.14. The summed E-state index contributed by atoms with van der Waals surface area (Å²) in [5, 5.41) is 24.7. The summed E-state index contributed by atoms with van der Waals surface area (Å²) >= 11 is 1.58. The Bertz CT molecular complexity index is 661. The fraction of sp³-hybridized carbons (Fsp3) is 0.333. The topological polar surface area (TPSA) is 89.9 Å². The van der Waals surface area contributed by atoms with Gasteiger partial charge in [0.05, 0.1) is 11.3 Å². The Morgan fingerprint density at radius 1 is 1.40 bits per heavy atom. The molecule has 0 radical (unpaired) electrons. The van der Waals surface area contributed by atoms with E-state index < -0.39 is 0 Å². The summed E-state index contributed by atoms with van der Waals surface area (Å²) in [5.74, 6) is 1.08. The molecular weight excluding hydrogens is 278 g/mol. The molecule has 0 aliphatic heterocycles. The van der Waals surface area contributed by atoms with E-state index in [2.05, 4.69) is 20.5 Å². The monoisotopic (exact) mass is 291 g/mol. The molecule has 0 aromatic carbocycles. The Kier molecular flexibility index (Phi) is 3.84. The summed E-state index contributed by atoms with van der Waals surface area (Å²) in [4.78, 5) is 4.32. The number of nitrogens with zero attached hydrogens (tertiary/aromatic N) is 5. The van der Waals surface area contributed by atoms with Gasteiger partial charge in [0.25, 0.3) is 5.89 Å². The van der Waals surface area contributed by atoms with Crippen molar-refractivity contribution in [3.63, 3.8) is 0 Å². The Hall–Kier alpha value is -2.06. The molecule has 20 heavy (non-hydrogen) atoms. The van der Waals surface area contributed by atoms with Crippen LogP contribution in [0.25, 0.3) is 11.5 Å². The van der Waals surface area contributed by atoms with Gasteiger partial charge >= 0.3 is 0 Å². The Balaban J connectivity index is 1.67. The summed E-state index contributed by atoms with van der Waals surface area (Å²) in [7, 11) is 0. The highest BCUT2D eigenvalue weighted by Crippen LogP contribution is 2.19. The molecule has 3 aromatic heterocycles. The maximum atomic E-state index is 8.78. The van der Waals surface area contributed by atoms with Crippen molar-refractivity contribution in [1.82, 2.24) is 25.1 Å². The summed E-state index contributed by atoms with van der Waals surface area (Å²) in [5.41, 5.74) is 1.77. The van der Waals surface area contributed by atoms with Crippen LogP contribution in [0.3, 0.4) is 0 Å². The van der Waals surface area contributed by atoms with E-state index in [9.17, 15) is 0 Å². The largest absolute Gasteiger partial charge is 0.396 e. The maximum absolute atomic E-state index is 8.78. The first kappa shape index (κ1) is 12.9. The first-order chi connectivity index (χ1) is 9.85. The lowest BCUT2D eigenvalue weighted by Gasteiger charge is -1.92. The minimum atomic E-state index is 0.154. The zero-order valence-electron chi connectivity index (χ0n) is 10.6. The van der Waals surface area contributed by atoms with E-state index in [4.69, 9.17) is 9.63 Å². The molecule has 0 atom stereocenters. The van der Waals surface area contributed by atoms with E-state index in [0.717, 1.165) is 11.3 Å². The molecule has 0 saturated heterocycles. The van der Waals surface area contributed by atoms with Gasteiger partial charge in [0, 0.05) is 18.2 Å². The molecule has 7 nitrogen and oxygen atoms in total. The third-order valence-electron chi connectivity index (χ3n) is 2.72. The van der Waals surface area contributed by atoms with Gasteiger partial charge in [-0.1, -0.05) is 10.4 Å². The predicted molar refractivity (Wildman–Crippen MR) is 72.1 cm³/mol. The number of aliphatic hydroxyl groups is 1. The number of thiophene rings is 1. The summed E-state index contributed by atoms with van der Waals surface area (Å²) < 4.78 is 6.87. The van der Waals surface area contributed by atoms with Crippen molar-refractivity contribution in [3.8, 4) is 11.5 Å². The van der Waals surface area contributed by atoms with Crippen molar-refractivity contribution in [1.29, 1.82) is 0 Å². The van der Waals surface area contributed by atoms with Crippen LogP contribution in [0, 0.1) is 0 Å². The molecule has 3 heterocycles. The van der Waals surface area contributed by atoms with Crippen molar-refractivity contribution >= 4 is 11.3 Å². The molecule has 104 valence electrons. The summed E-state index contributed by atoms with van der Waals surface area (Å²) in [6, 6.07) is 1.93. The number of rotatable bonds is 6. The quantitative estimate of drug-likeness (QED) is 0.737. The minimum Gasteiger partial charge on any atom is -0.396 e. The minimum absolute atomic E-state index is 0.154. The molecule has 0 aliphatic rings. The number of aromatic nitrogens is 5. The van der Waals surface area contributed by atoms with Gasteiger partial charge in [-0.2, -0.15) is 16.3 Å². The molecule has 0 unspecified atom stereocenters. The fourth-order valence-corrected chi connectivity index (χ4v) is 2.39. The van der Waals surface area contributed by atoms with Gasteiger partial charge in [-0.15, -0.1) is 5.10 Å². The Labute approximate surface area is 118 Å². The van der Waals surface area contributed by atoms with Crippen LogP contribution in [-0.4, -0.2) is 36.8 Å². The number of hydrogen-bond donors (Lipinski definition) is 1. The van der Waals surface area contributed by atoms with Crippen LogP contribution in [0.5, 0.6) is 0 Å². The van der Waals surface area contributed by atoms with Gasteiger partial charge in [-0.3, -0.25) is 0 Å². The molecule has 1 N–H and O–H groups in total. The molecule has 0 fully saturated rings. The Morgan fingerprint density at radius 2 is 2.35 bits per heavy atom. The predicted octanol–water partition coefficient (Wildman–Crippen LogP) is 1.36. The lowest BCUT2D eigenvalue weighted by molar-refractivity contribution is 0.288. The molecule has 8 heteroatoms. The van der Waals surface area contributed by atoms with Gasteiger partial charge in [-0.25, -0.2) is 4.68 Å². The van der Waals surface area contributed by atoms with Crippen molar-refractivity contribution in [2.75, 3.05) is 6.61 Å². The molecule has 0 bridgehead atoms. The van der Waals surface area contributed by atoms with E-state index in [1.54, 1.807) is 16.0 Å². The van der Waals surface area contributed by atoms with Crippen LogP contribution in [0.1, 0.15) is 17.9 Å². The standard InChI is InChI=1S/C12H13N5O2S/c18-4-1-2-10-6-17(16-14-10)7-11-13-12(19-15-11)9-3-5-20-8-9/h3,5-6,8,18H,1-2,4,7H2. The zero-order valence-corrected chi connectivity index (χ0v) is 11.5. The van der Waals surface area contributed by atoms with Gasteiger partial charge in [0.1, 0.15) is 6.54 Å². The second-order valence-corrected chi connectivity index (χ2v) is 5.04. The van der Waals surface area contributed by atoms with Crippen molar-refractivity contribution < 1.29 is 9.63 Å². The van der Waals surface area contributed by atoms with Crippen LogP contribution < -0.4 is 0 Å². The second-order valence-electron chi connectivity index (χ2n) is 4.26. The molecule has 0 aliphatic carbocycles. The molecule has 3 aromatic rings. The fourth-order valence-electron chi connectivity index (χ4n) is 1.76. The lowest BCUT2D eigenvalue weighted by atomic mass is 10.3. The SMILES string of the molecule is OCCCc1cn(Cc2noc(-c3ccsc3)n2)nn1. The second kappa shape index (κ2) is 5.93. The van der Waals surface area contributed by atoms with Gasteiger partial charge < -0.3 is 9.63 Å². The van der Waals surface area contributed by atoms with Crippen LogP contribution in [-0.2, 0) is 13.0 Å². The molecule has 0 spiro atoms. The number of aryl methyl sites for hydroxylation is 1. The van der Waals surface area contributed by atoms with E-state index in [1.165, 1.54) is 0 Å². The normalized spacial score (nSPS) is 11.1. The highest BCUT2D eigenvalue weighted by molar-refractivity contribution is 7.08. The van der Waals surface area contributed by atoms with Crippen LogP contribution >= 0.6 is 11.3 Å². The zero-order chi connectivity index (χ0) is 13.8. The average molecular weight is 291 g/mol. The lowest BCUT2D eigenvalue weighted by Crippen LogP contribution is -2.02. The highest BCUT2D eigenvalue weighted by Gasteiger charge is 2.10. The van der Waals surface area contributed by atoms with Gasteiger partial charge in [0.2, 0.25) is 0 Å². The number of hydrogen-bond acceptors (Lipinski definition) is 7. The van der Waals surface area contributed by atoms with E-state index in [-0.39, 0.29) is 6.61 Å². The molecular formula is C12H13N5O2S. The molecule has 3 rings (SSSR count). The van der Waals surface area contributed by atoms with Crippen molar-refractivity contribution in [2.24, 2.45) is 0 Å². The van der Waals surface area contributed by atoms with Crippen LogP contribution in [0.2, 0.25) is 0 Å². The van der Waals surface area contributed by atoms with Crippen LogP contribution in [0.4, 0.5) is 0 Å².